The molecule has 1 amide bonds. The first-order valence-electron chi connectivity index (χ1n) is 11.3. The fraction of sp³-hybridized carbons (Fsp3) is 0.214. The number of carbonyl (C=O) groups excluding carboxylic acids is 2. The summed E-state index contributed by atoms with van der Waals surface area (Å²) in [5.74, 6) is -0.587. The number of rotatable bonds is 8. The Kier molecular flexibility index (Phi) is 7.24. The lowest BCUT2D eigenvalue weighted by Gasteiger charge is -2.25. The number of methoxy groups -OCH3 is 3. The Morgan fingerprint density at radius 3 is 2.17 bits per heavy atom. The molecule has 1 aliphatic rings. The predicted octanol–water partition coefficient (Wildman–Crippen LogP) is 4.52. The summed E-state index contributed by atoms with van der Waals surface area (Å²) in [6.45, 7) is 0.182. The van der Waals surface area contributed by atoms with Crippen molar-refractivity contribution in [2.24, 2.45) is 0 Å². The molecule has 0 radical (unpaired) electrons. The van der Waals surface area contributed by atoms with Crippen LogP contribution in [0.25, 0.3) is 5.76 Å². The average Bonchev–Trinajstić information content (AvgIpc) is 3.16. The molecule has 1 N–H and O–H groups in total. The zero-order valence-electron chi connectivity index (χ0n) is 20.2. The molecule has 1 fully saturated rings. The standard InChI is InChI=1S/C28H26FNO6/c1-34-21-11-7-19(8-12-21)26(31)24-25(18-5-9-20(29)10-6-18)30(28(33)27(24)32)15-14-17-4-13-22(35-2)23(16-17)36-3/h4-13,16,25,31H,14-15H2,1-3H3/t25-/m1/s1. The largest absolute Gasteiger partial charge is 0.507 e. The van der Waals surface area contributed by atoms with Crippen LogP contribution in [0.15, 0.2) is 72.3 Å². The topological polar surface area (TPSA) is 85.3 Å². The van der Waals surface area contributed by atoms with E-state index < -0.39 is 23.5 Å². The molecule has 36 heavy (non-hydrogen) atoms. The highest BCUT2D eigenvalue weighted by Crippen LogP contribution is 2.40. The minimum atomic E-state index is -0.882. The van der Waals surface area contributed by atoms with Crippen molar-refractivity contribution < 1.29 is 33.3 Å². The number of carbonyl (C=O) groups is 2. The normalized spacial score (nSPS) is 16.8. The van der Waals surface area contributed by atoms with E-state index in [9.17, 15) is 19.1 Å². The Morgan fingerprint density at radius 2 is 1.56 bits per heavy atom. The second-order valence-electron chi connectivity index (χ2n) is 8.21. The molecule has 1 saturated heterocycles. The third-order valence-corrected chi connectivity index (χ3v) is 6.18. The Hall–Kier alpha value is -4.33. The fourth-order valence-corrected chi connectivity index (χ4v) is 4.29. The van der Waals surface area contributed by atoms with Crippen LogP contribution in [0.3, 0.4) is 0 Å². The molecule has 0 aromatic heterocycles. The van der Waals surface area contributed by atoms with Gasteiger partial charge in [-0.15, -0.1) is 0 Å². The zero-order chi connectivity index (χ0) is 25.8. The molecule has 3 aromatic carbocycles. The predicted molar refractivity (Wildman–Crippen MR) is 132 cm³/mol. The number of nitrogens with zero attached hydrogens (tertiary/aromatic N) is 1. The van der Waals surface area contributed by atoms with E-state index in [1.54, 1.807) is 43.5 Å². The quantitative estimate of drug-likeness (QED) is 0.283. The SMILES string of the molecule is COc1ccc(C(O)=C2C(=O)C(=O)N(CCc3ccc(OC)c(OC)c3)[C@@H]2c2ccc(F)cc2)cc1. The molecule has 1 heterocycles. The first-order chi connectivity index (χ1) is 17.4. The summed E-state index contributed by atoms with van der Waals surface area (Å²) in [4.78, 5) is 27.7. The third-order valence-electron chi connectivity index (χ3n) is 6.18. The molecule has 1 aliphatic heterocycles. The monoisotopic (exact) mass is 491 g/mol. The highest BCUT2D eigenvalue weighted by atomic mass is 19.1. The zero-order valence-corrected chi connectivity index (χ0v) is 20.2. The lowest BCUT2D eigenvalue weighted by Crippen LogP contribution is -2.31. The van der Waals surface area contributed by atoms with Crippen molar-refractivity contribution in [1.29, 1.82) is 0 Å². The summed E-state index contributed by atoms with van der Waals surface area (Å²) in [5.41, 5.74) is 1.69. The van der Waals surface area contributed by atoms with Crippen molar-refractivity contribution in [3.8, 4) is 17.2 Å². The van der Waals surface area contributed by atoms with Crippen molar-refractivity contribution in [3.63, 3.8) is 0 Å². The molecule has 0 unspecified atom stereocenters. The van der Waals surface area contributed by atoms with Gasteiger partial charge in [-0.2, -0.15) is 0 Å². The van der Waals surface area contributed by atoms with Gasteiger partial charge in [-0.1, -0.05) is 18.2 Å². The Morgan fingerprint density at radius 1 is 0.889 bits per heavy atom. The van der Waals surface area contributed by atoms with Gasteiger partial charge in [-0.3, -0.25) is 9.59 Å². The number of aliphatic hydroxyl groups is 1. The average molecular weight is 492 g/mol. The molecular formula is C28H26FNO6. The number of hydrogen-bond donors (Lipinski definition) is 1. The molecule has 7 nitrogen and oxygen atoms in total. The Bertz CT molecular complexity index is 1300. The van der Waals surface area contributed by atoms with Crippen LogP contribution in [-0.4, -0.2) is 49.6 Å². The number of amides is 1. The summed E-state index contributed by atoms with van der Waals surface area (Å²) >= 11 is 0. The van der Waals surface area contributed by atoms with E-state index in [0.29, 0.717) is 34.8 Å². The van der Waals surface area contributed by atoms with Gasteiger partial charge in [-0.05, 0) is 66.1 Å². The van der Waals surface area contributed by atoms with E-state index in [0.717, 1.165) is 5.56 Å². The highest BCUT2D eigenvalue weighted by Gasteiger charge is 2.45. The Labute approximate surface area is 208 Å². The van der Waals surface area contributed by atoms with Crippen LogP contribution in [0, 0.1) is 5.82 Å². The van der Waals surface area contributed by atoms with Crippen LogP contribution in [-0.2, 0) is 16.0 Å². The van der Waals surface area contributed by atoms with Gasteiger partial charge in [-0.25, -0.2) is 4.39 Å². The smallest absolute Gasteiger partial charge is 0.295 e. The van der Waals surface area contributed by atoms with E-state index in [1.807, 2.05) is 6.07 Å². The van der Waals surface area contributed by atoms with Crippen LogP contribution >= 0.6 is 0 Å². The maximum absolute atomic E-state index is 13.7. The number of halogens is 1. The molecular weight excluding hydrogens is 465 g/mol. The van der Waals surface area contributed by atoms with E-state index in [2.05, 4.69) is 0 Å². The van der Waals surface area contributed by atoms with Crippen LogP contribution in [0.4, 0.5) is 4.39 Å². The lowest BCUT2D eigenvalue weighted by atomic mass is 9.95. The van der Waals surface area contributed by atoms with Crippen LogP contribution in [0.1, 0.15) is 22.7 Å². The number of Topliss-reactive ketones (excluding diaryl/α,β-unsaturated/α-hetero) is 1. The van der Waals surface area contributed by atoms with Crippen LogP contribution < -0.4 is 14.2 Å². The molecule has 3 aromatic rings. The van der Waals surface area contributed by atoms with Gasteiger partial charge in [0.05, 0.1) is 32.9 Å². The highest BCUT2D eigenvalue weighted by molar-refractivity contribution is 6.46. The molecule has 186 valence electrons. The summed E-state index contributed by atoms with van der Waals surface area (Å²) in [6, 6.07) is 16.6. The van der Waals surface area contributed by atoms with Gasteiger partial charge in [0.2, 0.25) is 0 Å². The second kappa shape index (κ2) is 10.5. The number of ketones is 1. The van der Waals surface area contributed by atoms with Crippen LogP contribution in [0.5, 0.6) is 17.2 Å². The van der Waals surface area contributed by atoms with Crippen molar-refractivity contribution in [2.45, 2.75) is 12.5 Å². The molecule has 4 rings (SSSR count). The first kappa shape index (κ1) is 24.8. The molecule has 8 heteroatoms. The summed E-state index contributed by atoms with van der Waals surface area (Å²) in [5, 5.41) is 11.1. The van der Waals surface area contributed by atoms with Gasteiger partial charge < -0.3 is 24.2 Å². The van der Waals surface area contributed by atoms with Gasteiger partial charge in [0.15, 0.2) is 11.5 Å². The molecule has 0 bridgehead atoms. The van der Waals surface area contributed by atoms with E-state index >= 15 is 0 Å². The minimum Gasteiger partial charge on any atom is -0.507 e. The van der Waals surface area contributed by atoms with Crippen molar-refractivity contribution in [2.75, 3.05) is 27.9 Å². The van der Waals surface area contributed by atoms with Crippen LogP contribution in [0.2, 0.25) is 0 Å². The molecule has 0 spiro atoms. The molecule has 1 atom stereocenters. The fourth-order valence-electron chi connectivity index (χ4n) is 4.29. The summed E-state index contributed by atoms with van der Waals surface area (Å²) < 4.78 is 29.5. The van der Waals surface area contributed by atoms with Gasteiger partial charge in [0.1, 0.15) is 17.3 Å². The molecule has 0 saturated carbocycles. The van der Waals surface area contributed by atoms with Crippen molar-refractivity contribution in [1.82, 2.24) is 4.90 Å². The summed E-state index contributed by atoms with van der Waals surface area (Å²) in [6.07, 6.45) is 0.410. The number of benzene rings is 3. The summed E-state index contributed by atoms with van der Waals surface area (Å²) in [7, 11) is 4.60. The molecule has 0 aliphatic carbocycles. The number of hydrogen-bond acceptors (Lipinski definition) is 6. The Balaban J connectivity index is 1.73. The third kappa shape index (κ3) is 4.75. The van der Waals surface area contributed by atoms with Crippen molar-refractivity contribution in [3.05, 3.63) is 94.8 Å². The maximum atomic E-state index is 13.7. The second-order valence-corrected chi connectivity index (χ2v) is 8.21. The van der Waals surface area contributed by atoms with Gasteiger partial charge >= 0.3 is 0 Å². The van der Waals surface area contributed by atoms with E-state index in [1.165, 1.54) is 43.4 Å². The number of aliphatic hydroxyl groups excluding tert-OH is 1. The minimum absolute atomic E-state index is 0.0518. The lowest BCUT2D eigenvalue weighted by molar-refractivity contribution is -0.139. The van der Waals surface area contributed by atoms with Gasteiger partial charge in [0, 0.05) is 12.1 Å². The van der Waals surface area contributed by atoms with E-state index in [4.69, 9.17) is 14.2 Å². The maximum Gasteiger partial charge on any atom is 0.295 e. The number of ether oxygens (including phenoxy) is 3. The first-order valence-corrected chi connectivity index (χ1v) is 11.3. The van der Waals surface area contributed by atoms with Gasteiger partial charge in [0.25, 0.3) is 11.7 Å². The number of likely N-dealkylation sites (tertiary alicyclic amines) is 1. The van der Waals surface area contributed by atoms with Crippen molar-refractivity contribution >= 4 is 17.4 Å². The van der Waals surface area contributed by atoms with E-state index in [-0.39, 0.29) is 17.9 Å².